The molecule has 2 nitrogen and oxygen atoms in total. The van der Waals surface area contributed by atoms with E-state index in [1.165, 1.54) is 12.1 Å². The summed E-state index contributed by atoms with van der Waals surface area (Å²) in [6, 6.07) is 4.77. The Morgan fingerprint density at radius 3 is 2.53 bits per heavy atom. The maximum atomic E-state index is 12.9. The van der Waals surface area contributed by atoms with Gasteiger partial charge >= 0.3 is 0 Å². The van der Waals surface area contributed by atoms with Crippen LogP contribution in [0.1, 0.15) is 26.3 Å². The van der Waals surface area contributed by atoms with E-state index in [0.717, 1.165) is 29.7 Å². The Balaban J connectivity index is 2.27. The molecule has 0 aliphatic carbocycles. The molecule has 0 bridgehead atoms. The second kappa shape index (κ2) is 6.47. The smallest absolute Gasteiger partial charge is 0.124 e. The van der Waals surface area contributed by atoms with Gasteiger partial charge in [0, 0.05) is 29.6 Å². The van der Waals surface area contributed by atoms with E-state index in [1.54, 1.807) is 6.07 Å². The first kappa shape index (κ1) is 14.6. The summed E-state index contributed by atoms with van der Waals surface area (Å²) in [6.07, 6.45) is 0. The molecule has 0 heterocycles. The van der Waals surface area contributed by atoms with Crippen LogP contribution in [-0.2, 0) is 6.54 Å². The maximum absolute atomic E-state index is 12.9. The zero-order chi connectivity index (χ0) is 12.9. The molecule has 0 aromatic heterocycles. The van der Waals surface area contributed by atoms with Crippen molar-refractivity contribution in [2.45, 2.75) is 32.9 Å². The first-order valence-corrected chi connectivity index (χ1v) is 6.57. The quantitative estimate of drug-likeness (QED) is 0.817. The van der Waals surface area contributed by atoms with Crippen molar-refractivity contribution < 1.29 is 4.39 Å². The molecule has 0 aliphatic rings. The molecule has 0 spiro atoms. The lowest BCUT2D eigenvalue weighted by atomic mass is 10.1. The fourth-order valence-electron chi connectivity index (χ4n) is 1.41. The normalized spacial score (nSPS) is 11.8. The molecule has 0 atom stereocenters. The minimum absolute atomic E-state index is 0.151. The molecule has 0 radical (unpaired) electrons. The maximum Gasteiger partial charge on any atom is 0.124 e. The van der Waals surface area contributed by atoms with Crippen molar-refractivity contribution in [3.8, 4) is 0 Å². The van der Waals surface area contributed by atoms with E-state index in [0.29, 0.717) is 0 Å². The topological polar surface area (TPSA) is 24.1 Å². The van der Waals surface area contributed by atoms with Crippen molar-refractivity contribution in [2.24, 2.45) is 0 Å². The third-order valence-electron chi connectivity index (χ3n) is 2.29. The van der Waals surface area contributed by atoms with Gasteiger partial charge in [0.1, 0.15) is 5.82 Å². The van der Waals surface area contributed by atoms with E-state index in [9.17, 15) is 4.39 Å². The number of nitrogens with one attached hydrogen (secondary N) is 2. The van der Waals surface area contributed by atoms with Crippen molar-refractivity contribution in [3.05, 3.63) is 34.1 Å². The number of benzene rings is 1. The molecular weight excluding hydrogens is 283 g/mol. The van der Waals surface area contributed by atoms with Crippen molar-refractivity contribution in [1.29, 1.82) is 0 Å². The second-order valence-electron chi connectivity index (χ2n) is 5.09. The van der Waals surface area contributed by atoms with Gasteiger partial charge in [-0.15, -0.1) is 0 Å². The zero-order valence-electron chi connectivity index (χ0n) is 10.6. The molecular formula is C13H20BrFN2. The van der Waals surface area contributed by atoms with Crippen LogP contribution in [0, 0.1) is 5.82 Å². The van der Waals surface area contributed by atoms with Crippen LogP contribution in [0.3, 0.4) is 0 Å². The molecule has 1 aromatic rings. The molecule has 0 fully saturated rings. The van der Waals surface area contributed by atoms with E-state index < -0.39 is 0 Å². The molecule has 96 valence electrons. The third kappa shape index (κ3) is 6.15. The Labute approximate surface area is 111 Å². The van der Waals surface area contributed by atoms with Crippen molar-refractivity contribution in [1.82, 2.24) is 10.6 Å². The Morgan fingerprint density at radius 1 is 1.24 bits per heavy atom. The molecule has 0 saturated carbocycles. The summed E-state index contributed by atoms with van der Waals surface area (Å²) in [5, 5.41) is 6.72. The summed E-state index contributed by atoms with van der Waals surface area (Å²) >= 11 is 3.35. The summed E-state index contributed by atoms with van der Waals surface area (Å²) in [5.74, 6) is -0.213. The van der Waals surface area contributed by atoms with Gasteiger partial charge in [-0.1, -0.05) is 22.0 Å². The standard InChI is InChI=1S/C13H20BrFN2/c1-13(2,3)17-7-6-16-9-10-4-5-11(15)8-12(10)14/h4-5,8,16-17H,6-7,9H2,1-3H3. The summed E-state index contributed by atoms with van der Waals surface area (Å²) in [4.78, 5) is 0. The van der Waals surface area contributed by atoms with Gasteiger partial charge < -0.3 is 10.6 Å². The Hall–Kier alpha value is -0.450. The van der Waals surface area contributed by atoms with Gasteiger partial charge in [-0.3, -0.25) is 0 Å². The molecule has 4 heteroatoms. The van der Waals surface area contributed by atoms with E-state index >= 15 is 0 Å². The van der Waals surface area contributed by atoms with Crippen LogP contribution in [0.15, 0.2) is 22.7 Å². The van der Waals surface area contributed by atoms with E-state index in [2.05, 4.69) is 47.3 Å². The average molecular weight is 303 g/mol. The lowest BCUT2D eigenvalue weighted by Gasteiger charge is -2.20. The van der Waals surface area contributed by atoms with Crippen molar-refractivity contribution in [3.63, 3.8) is 0 Å². The van der Waals surface area contributed by atoms with Gasteiger partial charge in [0.15, 0.2) is 0 Å². The summed E-state index contributed by atoms with van der Waals surface area (Å²) in [7, 11) is 0. The van der Waals surface area contributed by atoms with Crippen LogP contribution < -0.4 is 10.6 Å². The second-order valence-corrected chi connectivity index (χ2v) is 5.94. The largest absolute Gasteiger partial charge is 0.311 e. The van der Waals surface area contributed by atoms with Crippen LogP contribution in [0.5, 0.6) is 0 Å². The van der Waals surface area contributed by atoms with Crippen LogP contribution in [-0.4, -0.2) is 18.6 Å². The minimum atomic E-state index is -0.213. The first-order chi connectivity index (χ1) is 7.88. The SMILES string of the molecule is CC(C)(C)NCCNCc1ccc(F)cc1Br. The monoisotopic (exact) mass is 302 g/mol. The van der Waals surface area contributed by atoms with E-state index in [-0.39, 0.29) is 11.4 Å². The fraction of sp³-hybridized carbons (Fsp3) is 0.538. The Bertz CT molecular complexity index is 361. The first-order valence-electron chi connectivity index (χ1n) is 5.78. The van der Waals surface area contributed by atoms with Gasteiger partial charge in [-0.2, -0.15) is 0 Å². The molecule has 1 aromatic carbocycles. The molecule has 1 rings (SSSR count). The highest BCUT2D eigenvalue weighted by atomic mass is 79.9. The summed E-state index contributed by atoms with van der Waals surface area (Å²) in [6.45, 7) is 8.98. The van der Waals surface area contributed by atoms with Gasteiger partial charge in [-0.25, -0.2) is 4.39 Å². The van der Waals surface area contributed by atoms with E-state index in [1.807, 2.05) is 0 Å². The van der Waals surface area contributed by atoms with Gasteiger partial charge in [0.05, 0.1) is 0 Å². The average Bonchev–Trinajstić information content (AvgIpc) is 2.18. The minimum Gasteiger partial charge on any atom is -0.311 e. The summed E-state index contributed by atoms with van der Waals surface area (Å²) < 4.78 is 13.7. The van der Waals surface area contributed by atoms with E-state index in [4.69, 9.17) is 0 Å². The van der Waals surface area contributed by atoms with Crippen LogP contribution in [0.4, 0.5) is 4.39 Å². The lowest BCUT2D eigenvalue weighted by Crippen LogP contribution is -2.40. The molecule has 0 saturated heterocycles. The van der Waals surface area contributed by atoms with Gasteiger partial charge in [-0.05, 0) is 38.5 Å². The summed E-state index contributed by atoms with van der Waals surface area (Å²) in [5.41, 5.74) is 1.22. The van der Waals surface area contributed by atoms with Gasteiger partial charge in [0.2, 0.25) is 0 Å². The highest BCUT2D eigenvalue weighted by molar-refractivity contribution is 9.10. The predicted octanol–water partition coefficient (Wildman–Crippen LogP) is 3.07. The molecule has 2 N–H and O–H groups in total. The predicted molar refractivity (Wildman–Crippen MR) is 73.6 cm³/mol. The Morgan fingerprint density at radius 2 is 1.94 bits per heavy atom. The molecule has 0 unspecified atom stereocenters. The number of halogens is 2. The van der Waals surface area contributed by atoms with Crippen LogP contribution in [0.25, 0.3) is 0 Å². The number of rotatable bonds is 5. The lowest BCUT2D eigenvalue weighted by molar-refractivity contribution is 0.421. The van der Waals surface area contributed by atoms with Crippen molar-refractivity contribution >= 4 is 15.9 Å². The number of hydrogen-bond donors (Lipinski definition) is 2. The van der Waals surface area contributed by atoms with Crippen LogP contribution >= 0.6 is 15.9 Å². The molecule has 0 aliphatic heterocycles. The zero-order valence-corrected chi connectivity index (χ0v) is 12.2. The molecule has 0 amide bonds. The van der Waals surface area contributed by atoms with Crippen molar-refractivity contribution in [2.75, 3.05) is 13.1 Å². The number of hydrogen-bond acceptors (Lipinski definition) is 2. The molecule has 17 heavy (non-hydrogen) atoms. The third-order valence-corrected chi connectivity index (χ3v) is 3.03. The Kier molecular flexibility index (Phi) is 5.56. The highest BCUT2D eigenvalue weighted by Gasteiger charge is 2.07. The van der Waals surface area contributed by atoms with Crippen LogP contribution in [0.2, 0.25) is 0 Å². The van der Waals surface area contributed by atoms with Gasteiger partial charge in [0.25, 0.3) is 0 Å². The highest BCUT2D eigenvalue weighted by Crippen LogP contribution is 2.17. The fourth-order valence-corrected chi connectivity index (χ4v) is 1.91.